The van der Waals surface area contributed by atoms with Crippen LogP contribution in [0.1, 0.15) is 49.7 Å². The molecule has 0 aromatic heterocycles. The maximum Gasteiger partial charge on any atom is 0.129 e. The average Bonchev–Trinajstić information content (AvgIpc) is 2.49. The largest absolute Gasteiger partial charge is 0.296 e. The van der Waals surface area contributed by atoms with E-state index in [0.717, 1.165) is 18.0 Å². The zero-order valence-corrected chi connectivity index (χ0v) is 11.8. The van der Waals surface area contributed by atoms with Gasteiger partial charge in [0.05, 0.1) is 11.6 Å². The fraction of sp³-hybridized carbons (Fsp3) is 0.588. The summed E-state index contributed by atoms with van der Waals surface area (Å²) >= 11 is 0. The summed E-state index contributed by atoms with van der Waals surface area (Å²) in [5.74, 6) is 0.584. The van der Waals surface area contributed by atoms with Crippen molar-refractivity contribution < 1.29 is 4.39 Å². The fourth-order valence-electron chi connectivity index (χ4n) is 3.89. The van der Waals surface area contributed by atoms with Gasteiger partial charge in [0, 0.05) is 18.2 Å². The molecular formula is C17H21FN2. The van der Waals surface area contributed by atoms with Crippen molar-refractivity contribution in [2.75, 3.05) is 6.54 Å². The highest BCUT2D eigenvalue weighted by Crippen LogP contribution is 2.36. The molecule has 1 aromatic carbocycles. The highest BCUT2D eigenvalue weighted by Gasteiger charge is 2.33. The normalized spacial score (nSPS) is 26.8. The first-order valence-electron chi connectivity index (χ1n) is 7.70. The first-order valence-corrected chi connectivity index (χ1v) is 7.70. The van der Waals surface area contributed by atoms with E-state index in [0.29, 0.717) is 18.2 Å². The van der Waals surface area contributed by atoms with Gasteiger partial charge < -0.3 is 0 Å². The van der Waals surface area contributed by atoms with Gasteiger partial charge in [0.1, 0.15) is 5.82 Å². The number of rotatable bonds is 2. The van der Waals surface area contributed by atoms with Gasteiger partial charge in [-0.25, -0.2) is 4.39 Å². The third-order valence-electron chi connectivity index (χ3n) is 4.91. The zero-order valence-electron chi connectivity index (χ0n) is 11.8. The Morgan fingerprint density at radius 3 is 2.80 bits per heavy atom. The van der Waals surface area contributed by atoms with Crippen LogP contribution in [0, 0.1) is 23.1 Å². The van der Waals surface area contributed by atoms with E-state index in [1.54, 1.807) is 12.1 Å². The van der Waals surface area contributed by atoms with E-state index in [9.17, 15) is 4.39 Å². The van der Waals surface area contributed by atoms with Crippen LogP contribution in [0.2, 0.25) is 0 Å². The molecule has 1 aromatic rings. The Morgan fingerprint density at radius 1 is 1.20 bits per heavy atom. The lowest BCUT2D eigenvalue weighted by molar-refractivity contribution is 0.0539. The predicted octanol–water partition coefficient (Wildman–Crippen LogP) is 3.85. The second-order valence-corrected chi connectivity index (χ2v) is 6.14. The number of fused-ring (bicyclic) bond motifs is 1. The molecular weight excluding hydrogens is 251 g/mol. The first kappa shape index (κ1) is 13.6. The molecule has 2 nitrogen and oxygen atoms in total. The topological polar surface area (TPSA) is 27.0 Å². The van der Waals surface area contributed by atoms with Crippen LogP contribution in [0.4, 0.5) is 4.39 Å². The molecule has 0 radical (unpaired) electrons. The Bertz CT molecular complexity index is 518. The summed E-state index contributed by atoms with van der Waals surface area (Å²) in [7, 11) is 0. The molecule has 3 rings (SSSR count). The summed E-state index contributed by atoms with van der Waals surface area (Å²) in [6.45, 7) is 1.78. The van der Waals surface area contributed by atoms with E-state index in [1.165, 1.54) is 44.6 Å². The molecule has 2 atom stereocenters. The van der Waals surface area contributed by atoms with E-state index < -0.39 is 0 Å². The number of likely N-dealkylation sites (tertiary alicyclic amines) is 1. The van der Waals surface area contributed by atoms with E-state index in [-0.39, 0.29) is 5.82 Å². The van der Waals surface area contributed by atoms with Gasteiger partial charge in [0.25, 0.3) is 0 Å². The molecule has 0 bridgehead atoms. The van der Waals surface area contributed by atoms with Gasteiger partial charge in [-0.2, -0.15) is 5.26 Å². The molecule has 0 N–H and O–H groups in total. The minimum atomic E-state index is -0.234. The van der Waals surface area contributed by atoms with Crippen LogP contribution in [0.15, 0.2) is 18.2 Å². The van der Waals surface area contributed by atoms with Crippen LogP contribution in [-0.4, -0.2) is 17.5 Å². The van der Waals surface area contributed by atoms with Crippen molar-refractivity contribution in [3.8, 4) is 6.07 Å². The summed E-state index contributed by atoms with van der Waals surface area (Å²) in [6.07, 6.45) is 7.86. The number of halogens is 1. The number of piperidine rings is 1. The number of nitrogens with zero attached hydrogens (tertiary/aromatic N) is 2. The Hall–Kier alpha value is -1.40. The van der Waals surface area contributed by atoms with E-state index in [2.05, 4.69) is 4.90 Å². The fourth-order valence-corrected chi connectivity index (χ4v) is 3.89. The molecule has 106 valence electrons. The molecule has 1 aliphatic carbocycles. The average molecular weight is 272 g/mol. The number of hydrogen-bond donors (Lipinski definition) is 0. The highest BCUT2D eigenvalue weighted by atomic mass is 19.1. The summed E-state index contributed by atoms with van der Waals surface area (Å²) in [6, 6.07) is 7.50. The van der Waals surface area contributed by atoms with Crippen LogP contribution in [-0.2, 0) is 6.54 Å². The number of hydrogen-bond acceptors (Lipinski definition) is 2. The molecule has 1 aliphatic heterocycles. The van der Waals surface area contributed by atoms with Gasteiger partial charge in [0.2, 0.25) is 0 Å². The number of nitriles is 1. The lowest BCUT2D eigenvalue weighted by Gasteiger charge is -2.44. The maximum absolute atomic E-state index is 14.0. The van der Waals surface area contributed by atoms with Crippen molar-refractivity contribution in [1.82, 2.24) is 4.90 Å². The monoisotopic (exact) mass is 272 g/mol. The zero-order chi connectivity index (χ0) is 13.9. The number of benzene rings is 1. The Morgan fingerprint density at radius 2 is 2.00 bits per heavy atom. The van der Waals surface area contributed by atoms with Crippen LogP contribution >= 0.6 is 0 Å². The maximum atomic E-state index is 14.0. The Kier molecular flexibility index (Phi) is 4.03. The minimum absolute atomic E-state index is 0.234. The summed E-state index contributed by atoms with van der Waals surface area (Å²) in [5, 5.41) is 8.80. The Labute approximate surface area is 120 Å². The molecule has 1 heterocycles. The third kappa shape index (κ3) is 2.71. The van der Waals surface area contributed by atoms with Crippen LogP contribution in [0.25, 0.3) is 0 Å². The highest BCUT2D eigenvalue weighted by molar-refractivity contribution is 5.32. The Balaban J connectivity index is 1.74. The quantitative estimate of drug-likeness (QED) is 0.817. The van der Waals surface area contributed by atoms with Crippen molar-refractivity contribution in [2.45, 2.75) is 51.1 Å². The van der Waals surface area contributed by atoms with E-state index in [4.69, 9.17) is 5.26 Å². The lowest BCUT2D eigenvalue weighted by Crippen LogP contribution is -2.46. The standard InChI is InChI=1S/C17H21FN2/c18-16-10-13(11-19)7-8-15(16)12-20-9-3-5-14-4-1-2-6-17(14)20/h7-8,10,14,17H,1-6,9,12H2. The van der Waals surface area contributed by atoms with Gasteiger partial charge in [-0.3, -0.25) is 4.90 Å². The SMILES string of the molecule is N#Cc1ccc(CN2CCCC3CCCCC32)c(F)c1. The predicted molar refractivity (Wildman–Crippen MR) is 76.5 cm³/mol. The summed E-state index contributed by atoms with van der Waals surface area (Å²) in [5.41, 5.74) is 1.13. The second kappa shape index (κ2) is 5.93. The smallest absolute Gasteiger partial charge is 0.129 e. The van der Waals surface area contributed by atoms with Crippen molar-refractivity contribution in [2.24, 2.45) is 5.92 Å². The molecule has 2 unspecified atom stereocenters. The molecule has 0 amide bonds. The van der Waals surface area contributed by atoms with Crippen molar-refractivity contribution in [3.05, 3.63) is 35.1 Å². The molecule has 1 saturated heterocycles. The molecule has 2 fully saturated rings. The van der Waals surface area contributed by atoms with Gasteiger partial charge in [-0.1, -0.05) is 18.9 Å². The molecule has 20 heavy (non-hydrogen) atoms. The summed E-state index contributed by atoms with van der Waals surface area (Å²) in [4.78, 5) is 2.47. The van der Waals surface area contributed by atoms with Crippen LogP contribution < -0.4 is 0 Å². The van der Waals surface area contributed by atoms with E-state index >= 15 is 0 Å². The second-order valence-electron chi connectivity index (χ2n) is 6.14. The van der Waals surface area contributed by atoms with Gasteiger partial charge in [-0.15, -0.1) is 0 Å². The van der Waals surface area contributed by atoms with E-state index in [1.807, 2.05) is 6.07 Å². The minimum Gasteiger partial charge on any atom is -0.296 e. The molecule has 3 heteroatoms. The van der Waals surface area contributed by atoms with Crippen molar-refractivity contribution >= 4 is 0 Å². The summed E-state index contributed by atoms with van der Waals surface area (Å²) < 4.78 is 14.0. The van der Waals surface area contributed by atoms with Crippen LogP contribution in [0.5, 0.6) is 0 Å². The van der Waals surface area contributed by atoms with Crippen molar-refractivity contribution in [3.63, 3.8) is 0 Å². The first-order chi connectivity index (χ1) is 9.78. The van der Waals surface area contributed by atoms with Gasteiger partial charge in [0.15, 0.2) is 0 Å². The lowest BCUT2D eigenvalue weighted by atomic mass is 9.78. The van der Waals surface area contributed by atoms with Crippen LogP contribution in [0.3, 0.4) is 0 Å². The molecule has 0 spiro atoms. The third-order valence-corrected chi connectivity index (χ3v) is 4.91. The molecule has 2 aliphatic rings. The molecule has 1 saturated carbocycles. The van der Waals surface area contributed by atoms with Crippen molar-refractivity contribution in [1.29, 1.82) is 5.26 Å². The van der Waals surface area contributed by atoms with Gasteiger partial charge in [-0.05, 0) is 50.3 Å². The van der Waals surface area contributed by atoms with Gasteiger partial charge >= 0.3 is 0 Å².